The molecule has 0 aromatic heterocycles. The van der Waals surface area contributed by atoms with Gasteiger partial charge in [-0.1, -0.05) is 45.9 Å². The molecule has 2 rings (SSSR count). The number of hydrogen-bond donors (Lipinski definition) is 0. The molecular formula is C14H19NO. The van der Waals surface area contributed by atoms with Crippen LogP contribution in [0.3, 0.4) is 0 Å². The van der Waals surface area contributed by atoms with Gasteiger partial charge in [0.1, 0.15) is 0 Å². The predicted octanol–water partition coefficient (Wildman–Crippen LogP) is 2.97. The van der Waals surface area contributed by atoms with Crippen LogP contribution in [0.4, 0.5) is 5.69 Å². The Balaban J connectivity index is 2.44. The summed E-state index contributed by atoms with van der Waals surface area (Å²) in [6.07, 6.45) is 0. The summed E-state index contributed by atoms with van der Waals surface area (Å²) in [5.41, 5.74) is 2.44. The van der Waals surface area contributed by atoms with Crippen LogP contribution in [0.5, 0.6) is 0 Å². The van der Waals surface area contributed by atoms with E-state index in [1.54, 1.807) is 0 Å². The second kappa shape index (κ2) is 3.62. The molecule has 0 radical (unpaired) electrons. The molecule has 0 aliphatic carbocycles. The topological polar surface area (TPSA) is 20.3 Å². The molecule has 1 heterocycles. The molecule has 0 N–H and O–H groups in total. The van der Waals surface area contributed by atoms with Crippen LogP contribution in [-0.2, 0) is 10.2 Å². The minimum absolute atomic E-state index is 0.0574. The van der Waals surface area contributed by atoms with E-state index in [-0.39, 0.29) is 17.2 Å². The van der Waals surface area contributed by atoms with E-state index in [2.05, 4.69) is 19.9 Å². The number of carbonyl (C=O) groups is 1. The summed E-state index contributed by atoms with van der Waals surface area (Å²) in [7, 11) is 0. The van der Waals surface area contributed by atoms with E-state index in [0.717, 1.165) is 12.2 Å². The number of carbonyl (C=O) groups excluding carboxylic acids is 1. The van der Waals surface area contributed by atoms with Crippen molar-refractivity contribution in [2.24, 2.45) is 5.92 Å². The van der Waals surface area contributed by atoms with E-state index in [1.807, 2.05) is 36.9 Å². The van der Waals surface area contributed by atoms with Crippen LogP contribution in [0.15, 0.2) is 24.3 Å². The van der Waals surface area contributed by atoms with Crippen molar-refractivity contribution in [2.75, 3.05) is 11.4 Å². The summed E-state index contributed by atoms with van der Waals surface area (Å²) < 4.78 is 0. The van der Waals surface area contributed by atoms with Crippen LogP contribution in [0.1, 0.15) is 33.3 Å². The first-order chi connectivity index (χ1) is 7.43. The summed E-state index contributed by atoms with van der Waals surface area (Å²) in [6.45, 7) is 9.09. The summed E-state index contributed by atoms with van der Waals surface area (Å²) in [6, 6.07) is 8.22. The summed E-state index contributed by atoms with van der Waals surface area (Å²) in [4.78, 5) is 14.1. The quantitative estimate of drug-likeness (QED) is 0.708. The lowest BCUT2D eigenvalue weighted by Gasteiger charge is -2.22. The Hall–Kier alpha value is -1.31. The van der Waals surface area contributed by atoms with Crippen LogP contribution in [0.25, 0.3) is 0 Å². The number of fused-ring (bicyclic) bond motifs is 1. The summed E-state index contributed by atoms with van der Waals surface area (Å²) in [5, 5.41) is 0. The Bertz CT molecular complexity index is 420. The first kappa shape index (κ1) is 11.2. The summed E-state index contributed by atoms with van der Waals surface area (Å²) >= 11 is 0. The maximum atomic E-state index is 12.1. The van der Waals surface area contributed by atoms with Gasteiger partial charge in [-0.05, 0) is 11.6 Å². The third-order valence-corrected chi connectivity index (χ3v) is 3.24. The maximum absolute atomic E-state index is 12.1. The van der Waals surface area contributed by atoms with Crippen molar-refractivity contribution < 1.29 is 4.79 Å². The smallest absolute Gasteiger partial charge is 0.229 e. The number of rotatable bonds is 1. The Labute approximate surface area is 97.3 Å². The van der Waals surface area contributed by atoms with E-state index >= 15 is 0 Å². The van der Waals surface area contributed by atoms with Gasteiger partial charge >= 0.3 is 0 Å². The number of hydrogen-bond acceptors (Lipinski definition) is 1. The van der Waals surface area contributed by atoms with Crippen molar-refractivity contribution in [3.63, 3.8) is 0 Å². The Morgan fingerprint density at radius 2 is 1.94 bits per heavy atom. The average molecular weight is 217 g/mol. The van der Waals surface area contributed by atoms with Gasteiger partial charge in [0.05, 0.1) is 0 Å². The fourth-order valence-corrected chi connectivity index (χ4v) is 2.36. The third kappa shape index (κ3) is 1.62. The molecule has 0 saturated heterocycles. The number of para-hydroxylation sites is 1. The van der Waals surface area contributed by atoms with E-state index in [9.17, 15) is 4.79 Å². The standard InChI is InChI=1S/C14H19NO/c1-10(2)13(16)15-9-14(3,4)11-7-5-6-8-12(11)15/h5-8,10H,9H2,1-4H3. The molecule has 86 valence electrons. The SMILES string of the molecule is CC(C)C(=O)N1CC(C)(C)c2ccccc21. The third-order valence-electron chi connectivity index (χ3n) is 3.24. The molecule has 0 saturated carbocycles. The van der Waals surface area contributed by atoms with E-state index in [0.29, 0.717) is 0 Å². The number of benzene rings is 1. The summed E-state index contributed by atoms with van der Waals surface area (Å²) in [5.74, 6) is 0.278. The highest BCUT2D eigenvalue weighted by molar-refractivity contribution is 5.97. The van der Waals surface area contributed by atoms with Crippen molar-refractivity contribution in [2.45, 2.75) is 33.1 Å². The lowest BCUT2D eigenvalue weighted by Crippen LogP contribution is -2.36. The van der Waals surface area contributed by atoms with Crippen LogP contribution >= 0.6 is 0 Å². The highest BCUT2D eigenvalue weighted by Crippen LogP contribution is 2.40. The van der Waals surface area contributed by atoms with Gasteiger partial charge in [0.25, 0.3) is 0 Å². The fourth-order valence-electron chi connectivity index (χ4n) is 2.36. The van der Waals surface area contributed by atoms with Gasteiger partial charge in [-0.25, -0.2) is 0 Å². The Morgan fingerprint density at radius 3 is 2.56 bits per heavy atom. The molecule has 1 aromatic rings. The molecule has 2 heteroatoms. The van der Waals surface area contributed by atoms with Crippen LogP contribution in [0, 0.1) is 5.92 Å². The number of anilines is 1. The molecular weight excluding hydrogens is 198 g/mol. The van der Waals surface area contributed by atoms with Crippen molar-refractivity contribution in [1.29, 1.82) is 0 Å². The highest BCUT2D eigenvalue weighted by atomic mass is 16.2. The highest BCUT2D eigenvalue weighted by Gasteiger charge is 2.37. The average Bonchev–Trinajstić information content (AvgIpc) is 2.51. The van der Waals surface area contributed by atoms with E-state index in [1.165, 1.54) is 5.56 Å². The van der Waals surface area contributed by atoms with Gasteiger partial charge in [0.2, 0.25) is 5.91 Å². The molecule has 2 nitrogen and oxygen atoms in total. The normalized spacial score (nSPS) is 17.7. The first-order valence-electron chi connectivity index (χ1n) is 5.84. The minimum Gasteiger partial charge on any atom is -0.311 e. The predicted molar refractivity (Wildman–Crippen MR) is 66.7 cm³/mol. The van der Waals surface area contributed by atoms with Gasteiger partial charge in [0.15, 0.2) is 0 Å². The van der Waals surface area contributed by atoms with Gasteiger partial charge in [-0.15, -0.1) is 0 Å². The largest absolute Gasteiger partial charge is 0.311 e. The van der Waals surface area contributed by atoms with E-state index < -0.39 is 0 Å². The number of amides is 1. The van der Waals surface area contributed by atoms with Gasteiger partial charge in [-0.2, -0.15) is 0 Å². The van der Waals surface area contributed by atoms with Crippen molar-refractivity contribution >= 4 is 11.6 Å². The zero-order chi connectivity index (χ0) is 11.9. The monoisotopic (exact) mass is 217 g/mol. The van der Waals surface area contributed by atoms with Crippen molar-refractivity contribution in [1.82, 2.24) is 0 Å². The number of nitrogens with zero attached hydrogens (tertiary/aromatic N) is 1. The van der Waals surface area contributed by atoms with E-state index in [4.69, 9.17) is 0 Å². The second-order valence-electron chi connectivity index (χ2n) is 5.48. The minimum atomic E-state index is 0.0574. The van der Waals surface area contributed by atoms with Gasteiger partial charge in [0, 0.05) is 23.6 Å². The molecule has 0 bridgehead atoms. The Morgan fingerprint density at radius 1 is 1.31 bits per heavy atom. The molecule has 0 unspecified atom stereocenters. The molecule has 16 heavy (non-hydrogen) atoms. The zero-order valence-electron chi connectivity index (χ0n) is 10.4. The lowest BCUT2D eigenvalue weighted by atomic mass is 9.87. The van der Waals surface area contributed by atoms with Gasteiger partial charge < -0.3 is 4.90 Å². The second-order valence-corrected chi connectivity index (χ2v) is 5.48. The molecule has 1 amide bonds. The van der Waals surface area contributed by atoms with Crippen molar-refractivity contribution in [3.05, 3.63) is 29.8 Å². The fraction of sp³-hybridized carbons (Fsp3) is 0.500. The lowest BCUT2D eigenvalue weighted by molar-refractivity contribution is -0.121. The van der Waals surface area contributed by atoms with Crippen LogP contribution in [-0.4, -0.2) is 12.5 Å². The first-order valence-corrected chi connectivity index (χ1v) is 5.84. The van der Waals surface area contributed by atoms with Crippen LogP contribution < -0.4 is 4.90 Å². The molecule has 1 aromatic carbocycles. The van der Waals surface area contributed by atoms with Crippen LogP contribution in [0.2, 0.25) is 0 Å². The zero-order valence-corrected chi connectivity index (χ0v) is 10.4. The molecule has 1 aliphatic rings. The van der Waals surface area contributed by atoms with Gasteiger partial charge in [-0.3, -0.25) is 4.79 Å². The molecule has 0 atom stereocenters. The maximum Gasteiger partial charge on any atom is 0.229 e. The molecule has 0 spiro atoms. The Kier molecular flexibility index (Phi) is 2.53. The molecule has 0 fully saturated rings. The van der Waals surface area contributed by atoms with Crippen molar-refractivity contribution in [3.8, 4) is 0 Å². The molecule has 1 aliphatic heterocycles.